The van der Waals surface area contributed by atoms with Crippen molar-refractivity contribution < 1.29 is 22.8 Å². The number of nitrogens with one attached hydrogen (secondary N) is 1. The Bertz CT molecular complexity index is 1150. The van der Waals surface area contributed by atoms with Gasteiger partial charge in [0.25, 0.3) is 11.1 Å². The summed E-state index contributed by atoms with van der Waals surface area (Å²) in [5.41, 5.74) is 0.310. The molecule has 0 radical (unpaired) electrons. The zero-order valence-electron chi connectivity index (χ0n) is 16.4. The van der Waals surface area contributed by atoms with E-state index in [1.165, 1.54) is 23.5 Å². The molecule has 1 N–H and O–H groups in total. The lowest BCUT2D eigenvalue weighted by Gasteiger charge is -2.14. The first kappa shape index (κ1) is 21.8. The lowest BCUT2D eigenvalue weighted by atomic mass is 10.3. The number of thioether (sulfide) groups is 1. The topological polar surface area (TPSA) is 101 Å². The highest BCUT2D eigenvalue weighted by atomic mass is 32.2. The summed E-state index contributed by atoms with van der Waals surface area (Å²) < 4.78 is 25.6. The first-order valence-corrected chi connectivity index (χ1v) is 13.0. The van der Waals surface area contributed by atoms with Crippen LogP contribution in [-0.4, -0.2) is 42.2 Å². The van der Waals surface area contributed by atoms with E-state index in [1.807, 2.05) is 17.5 Å². The van der Waals surface area contributed by atoms with Gasteiger partial charge in [0.1, 0.15) is 6.54 Å². The Morgan fingerprint density at radius 2 is 1.94 bits per heavy atom. The summed E-state index contributed by atoms with van der Waals surface area (Å²) in [7, 11) is -3.45. The van der Waals surface area contributed by atoms with Gasteiger partial charge in [-0.05, 0) is 60.3 Å². The molecule has 1 aliphatic heterocycles. The van der Waals surface area contributed by atoms with Crippen LogP contribution in [0.5, 0.6) is 0 Å². The average molecular weight is 477 g/mol. The first-order valence-electron chi connectivity index (χ1n) is 9.77. The Labute approximate surface area is 188 Å². The lowest BCUT2D eigenvalue weighted by molar-refractivity contribution is -0.127. The molecule has 2 aromatic rings. The summed E-state index contributed by atoms with van der Waals surface area (Å²) in [6.07, 6.45) is 4.73. The van der Waals surface area contributed by atoms with Crippen LogP contribution < -0.4 is 5.32 Å². The van der Waals surface area contributed by atoms with Crippen LogP contribution in [0.3, 0.4) is 0 Å². The van der Waals surface area contributed by atoms with Crippen molar-refractivity contribution in [1.82, 2.24) is 4.90 Å². The molecule has 31 heavy (non-hydrogen) atoms. The number of hydrogen-bond acceptors (Lipinski definition) is 7. The van der Waals surface area contributed by atoms with Gasteiger partial charge in [0, 0.05) is 10.6 Å². The Morgan fingerprint density at radius 3 is 2.65 bits per heavy atom. The van der Waals surface area contributed by atoms with Gasteiger partial charge in [-0.15, -0.1) is 11.3 Å². The molecule has 0 bridgehead atoms. The van der Waals surface area contributed by atoms with Crippen LogP contribution in [0.25, 0.3) is 6.08 Å². The third-order valence-electron chi connectivity index (χ3n) is 5.18. The highest BCUT2D eigenvalue weighted by Crippen LogP contribution is 2.33. The molecule has 0 unspecified atom stereocenters. The fourth-order valence-corrected chi connectivity index (χ4v) is 7.08. The van der Waals surface area contributed by atoms with Crippen LogP contribution in [-0.2, 0) is 19.4 Å². The van der Waals surface area contributed by atoms with Crippen LogP contribution in [0.1, 0.15) is 30.6 Å². The number of anilines is 1. The maximum absolute atomic E-state index is 12.8. The van der Waals surface area contributed by atoms with Crippen molar-refractivity contribution in [2.24, 2.45) is 0 Å². The van der Waals surface area contributed by atoms with Crippen molar-refractivity contribution in [3.05, 3.63) is 51.6 Å². The van der Waals surface area contributed by atoms with Crippen molar-refractivity contribution >= 4 is 61.8 Å². The first-order chi connectivity index (χ1) is 14.8. The normalized spacial score (nSPS) is 18.8. The highest BCUT2D eigenvalue weighted by molar-refractivity contribution is 8.18. The maximum Gasteiger partial charge on any atom is 0.294 e. The average Bonchev–Trinajstić information content (AvgIpc) is 3.49. The molecule has 7 nitrogen and oxygen atoms in total. The van der Waals surface area contributed by atoms with Gasteiger partial charge in [-0.25, -0.2) is 8.42 Å². The molecule has 2 fully saturated rings. The van der Waals surface area contributed by atoms with Crippen LogP contribution in [0, 0.1) is 0 Å². The molecule has 1 aromatic carbocycles. The molecule has 1 saturated carbocycles. The van der Waals surface area contributed by atoms with Gasteiger partial charge in [-0.1, -0.05) is 25.0 Å². The Balaban J connectivity index is 1.43. The summed E-state index contributed by atoms with van der Waals surface area (Å²) in [4.78, 5) is 39.4. The molecular formula is C21H20N2O5S3. The van der Waals surface area contributed by atoms with Gasteiger partial charge < -0.3 is 5.32 Å². The van der Waals surface area contributed by atoms with E-state index in [9.17, 15) is 22.8 Å². The Morgan fingerprint density at radius 1 is 1.16 bits per heavy atom. The summed E-state index contributed by atoms with van der Waals surface area (Å²) >= 11 is 2.24. The predicted octanol–water partition coefficient (Wildman–Crippen LogP) is 4.14. The monoisotopic (exact) mass is 476 g/mol. The number of rotatable bonds is 6. The van der Waals surface area contributed by atoms with Gasteiger partial charge in [0.2, 0.25) is 5.91 Å². The largest absolute Gasteiger partial charge is 0.324 e. The van der Waals surface area contributed by atoms with Crippen LogP contribution in [0.4, 0.5) is 10.5 Å². The summed E-state index contributed by atoms with van der Waals surface area (Å²) in [6.45, 7) is -0.438. The van der Waals surface area contributed by atoms with Gasteiger partial charge in [0.05, 0.1) is 15.1 Å². The minimum Gasteiger partial charge on any atom is -0.324 e. The smallest absolute Gasteiger partial charge is 0.294 e. The maximum atomic E-state index is 12.8. The third kappa shape index (κ3) is 4.76. The second-order valence-electron chi connectivity index (χ2n) is 7.31. The van der Waals surface area contributed by atoms with Crippen LogP contribution in [0.15, 0.2) is 51.6 Å². The minimum absolute atomic E-state index is 0.169. The molecule has 162 valence electrons. The predicted molar refractivity (Wildman–Crippen MR) is 122 cm³/mol. The fourth-order valence-electron chi connectivity index (χ4n) is 3.62. The second kappa shape index (κ2) is 8.97. The SMILES string of the molecule is O=C(CN1C(=O)S/C(=C/c2cccs2)C1=O)Nc1cccc(S(=O)(=O)C2CCCC2)c1. The number of carbonyl (C=O) groups excluding carboxylic acids is 3. The summed E-state index contributed by atoms with van der Waals surface area (Å²) in [5.74, 6) is -1.09. The number of imide groups is 1. The van der Waals surface area contributed by atoms with E-state index < -0.39 is 33.4 Å². The lowest BCUT2D eigenvalue weighted by Crippen LogP contribution is -2.36. The van der Waals surface area contributed by atoms with Crippen LogP contribution in [0.2, 0.25) is 0 Å². The van der Waals surface area contributed by atoms with Gasteiger partial charge >= 0.3 is 0 Å². The highest BCUT2D eigenvalue weighted by Gasteiger charge is 2.36. The number of hydrogen-bond donors (Lipinski definition) is 1. The van der Waals surface area contributed by atoms with Crippen LogP contribution >= 0.6 is 23.1 Å². The fraction of sp³-hybridized carbons (Fsp3) is 0.286. The number of carbonyl (C=O) groups is 3. The quantitative estimate of drug-likeness (QED) is 0.629. The summed E-state index contributed by atoms with van der Waals surface area (Å²) in [5, 5.41) is 3.56. The van der Waals surface area contributed by atoms with Gasteiger partial charge in [-0.2, -0.15) is 0 Å². The molecular weight excluding hydrogens is 456 g/mol. The van der Waals surface area contributed by atoms with E-state index in [0.717, 1.165) is 34.4 Å². The van der Waals surface area contributed by atoms with E-state index >= 15 is 0 Å². The molecule has 0 atom stereocenters. The molecule has 2 aliphatic rings. The number of nitrogens with zero attached hydrogens (tertiary/aromatic N) is 1. The molecule has 2 heterocycles. The van der Waals surface area contributed by atoms with E-state index in [1.54, 1.807) is 18.2 Å². The van der Waals surface area contributed by atoms with E-state index in [2.05, 4.69) is 5.32 Å². The van der Waals surface area contributed by atoms with Crippen molar-refractivity contribution in [3.8, 4) is 0 Å². The van der Waals surface area contributed by atoms with E-state index in [-0.39, 0.29) is 15.1 Å². The standard InChI is InChI=1S/C21H20N2O5S3/c24-19(13-23-20(25)18(30-21(23)26)12-15-6-4-10-29-15)22-14-5-3-9-17(11-14)31(27,28)16-7-1-2-8-16/h3-6,9-12,16H,1-2,7-8,13H2,(H,22,24)/b18-12+. The van der Waals surface area contributed by atoms with Crippen molar-refractivity contribution in [3.63, 3.8) is 0 Å². The number of benzene rings is 1. The molecule has 3 amide bonds. The van der Waals surface area contributed by atoms with Gasteiger partial charge in [0.15, 0.2) is 9.84 Å². The van der Waals surface area contributed by atoms with E-state index in [4.69, 9.17) is 0 Å². The summed E-state index contributed by atoms with van der Waals surface area (Å²) in [6, 6.07) is 9.77. The number of amides is 3. The van der Waals surface area contributed by atoms with Crippen molar-refractivity contribution in [1.29, 1.82) is 0 Å². The second-order valence-corrected chi connectivity index (χ2v) is 11.5. The third-order valence-corrected chi connectivity index (χ3v) is 9.17. The number of thiophene rings is 1. The van der Waals surface area contributed by atoms with Crippen molar-refractivity contribution in [2.75, 3.05) is 11.9 Å². The molecule has 1 saturated heterocycles. The van der Waals surface area contributed by atoms with Gasteiger partial charge in [-0.3, -0.25) is 19.3 Å². The Hall–Kier alpha value is -2.43. The molecule has 4 rings (SSSR count). The zero-order valence-corrected chi connectivity index (χ0v) is 18.9. The molecule has 1 aromatic heterocycles. The van der Waals surface area contributed by atoms with Crippen molar-refractivity contribution in [2.45, 2.75) is 35.8 Å². The molecule has 1 aliphatic carbocycles. The zero-order chi connectivity index (χ0) is 22.0. The van der Waals surface area contributed by atoms with E-state index in [0.29, 0.717) is 18.5 Å². The minimum atomic E-state index is -3.45. The molecule has 0 spiro atoms. The Kier molecular flexibility index (Phi) is 6.31. The number of sulfone groups is 1. The molecule has 10 heteroatoms.